The lowest BCUT2D eigenvalue weighted by Crippen LogP contribution is -2.46. The summed E-state index contributed by atoms with van der Waals surface area (Å²) in [5.74, 6) is -1.96. The molecular formula is C16H14ClN3O4. The lowest BCUT2D eigenvalue weighted by molar-refractivity contribution is -0.129. The van der Waals surface area contributed by atoms with E-state index in [9.17, 15) is 14.4 Å². The minimum absolute atomic E-state index is 0.0208. The van der Waals surface area contributed by atoms with Crippen molar-refractivity contribution in [2.45, 2.75) is 13.0 Å². The largest absolute Gasteiger partial charge is 0.449 e. The molecule has 0 aliphatic heterocycles. The second kappa shape index (κ2) is 8.07. The molecule has 0 aliphatic carbocycles. The number of nitrogens with one attached hydrogen (secondary N) is 2. The number of carbonyl (C=O) groups is 3. The van der Waals surface area contributed by atoms with E-state index in [0.29, 0.717) is 5.56 Å². The summed E-state index contributed by atoms with van der Waals surface area (Å²) in [6.07, 6.45) is 0.291. The monoisotopic (exact) mass is 347 g/mol. The molecule has 1 atom stereocenters. The van der Waals surface area contributed by atoms with Crippen molar-refractivity contribution >= 4 is 29.4 Å². The molecule has 0 spiro atoms. The highest BCUT2D eigenvalue weighted by Gasteiger charge is 2.21. The Morgan fingerprint density at radius 2 is 1.79 bits per heavy atom. The van der Waals surface area contributed by atoms with Crippen LogP contribution in [0.25, 0.3) is 0 Å². The molecule has 0 bridgehead atoms. The maximum atomic E-state index is 11.9. The zero-order valence-corrected chi connectivity index (χ0v) is 13.4. The van der Waals surface area contributed by atoms with E-state index in [1.165, 1.54) is 25.3 Å². The molecule has 124 valence electrons. The zero-order chi connectivity index (χ0) is 17.5. The van der Waals surface area contributed by atoms with Crippen LogP contribution >= 0.6 is 11.6 Å². The first-order chi connectivity index (χ1) is 11.5. The third kappa shape index (κ3) is 4.53. The van der Waals surface area contributed by atoms with Crippen LogP contribution in [0, 0.1) is 0 Å². The van der Waals surface area contributed by atoms with Crippen LogP contribution in [0.4, 0.5) is 0 Å². The Hall–Kier alpha value is -2.93. The van der Waals surface area contributed by atoms with Gasteiger partial charge in [0.1, 0.15) is 5.15 Å². The van der Waals surface area contributed by atoms with Gasteiger partial charge in [0, 0.05) is 11.8 Å². The quantitative estimate of drug-likeness (QED) is 0.499. The maximum Gasteiger partial charge on any atom is 0.342 e. The molecule has 7 nitrogen and oxygen atoms in total. The number of benzene rings is 1. The van der Waals surface area contributed by atoms with Gasteiger partial charge in [0.2, 0.25) is 0 Å². The molecule has 0 fully saturated rings. The summed E-state index contributed by atoms with van der Waals surface area (Å²) in [5, 5.41) is -0.0208. The fourth-order valence-corrected chi connectivity index (χ4v) is 1.89. The molecule has 2 rings (SSSR count). The van der Waals surface area contributed by atoms with Gasteiger partial charge in [0.15, 0.2) is 6.10 Å². The van der Waals surface area contributed by atoms with Crippen LogP contribution in [-0.2, 0) is 9.53 Å². The molecule has 2 aromatic rings. The number of carbonyl (C=O) groups excluding carboxylic acids is 3. The molecule has 8 heteroatoms. The van der Waals surface area contributed by atoms with E-state index in [-0.39, 0.29) is 10.7 Å². The Balaban J connectivity index is 1.87. The fraction of sp³-hybridized carbons (Fsp3) is 0.125. The third-order valence-electron chi connectivity index (χ3n) is 2.97. The van der Waals surface area contributed by atoms with Crippen LogP contribution in [0.1, 0.15) is 27.6 Å². The summed E-state index contributed by atoms with van der Waals surface area (Å²) < 4.78 is 4.99. The second-order valence-corrected chi connectivity index (χ2v) is 5.06. The van der Waals surface area contributed by atoms with Crippen LogP contribution in [-0.4, -0.2) is 28.9 Å². The number of amides is 2. The van der Waals surface area contributed by atoms with E-state index < -0.39 is 23.9 Å². The fourth-order valence-electron chi connectivity index (χ4n) is 1.70. The minimum atomic E-state index is -1.13. The first-order valence-corrected chi connectivity index (χ1v) is 7.33. The SMILES string of the molecule is C[C@H](OC(=O)c1cccnc1Cl)C(=O)NNC(=O)c1ccccc1. The molecule has 0 radical (unpaired) electrons. The normalized spacial score (nSPS) is 11.2. The van der Waals surface area contributed by atoms with Gasteiger partial charge >= 0.3 is 5.97 Å². The van der Waals surface area contributed by atoms with Gasteiger partial charge in [-0.25, -0.2) is 9.78 Å². The van der Waals surface area contributed by atoms with E-state index in [1.54, 1.807) is 30.3 Å². The van der Waals surface area contributed by atoms with Gasteiger partial charge in [0.25, 0.3) is 11.8 Å². The van der Waals surface area contributed by atoms with E-state index in [4.69, 9.17) is 16.3 Å². The zero-order valence-electron chi connectivity index (χ0n) is 12.7. The Labute approximate surface area is 143 Å². The summed E-state index contributed by atoms with van der Waals surface area (Å²) in [5.41, 5.74) is 4.85. The topological polar surface area (TPSA) is 97.4 Å². The molecule has 0 unspecified atom stereocenters. The van der Waals surface area contributed by atoms with Crippen molar-refractivity contribution in [1.82, 2.24) is 15.8 Å². The molecule has 1 aromatic carbocycles. The number of hydrazine groups is 1. The van der Waals surface area contributed by atoms with Crippen LogP contribution in [0.3, 0.4) is 0 Å². The Bertz CT molecular complexity index is 752. The number of ether oxygens (including phenoxy) is 1. The first-order valence-electron chi connectivity index (χ1n) is 6.96. The molecule has 2 N–H and O–H groups in total. The van der Waals surface area contributed by atoms with Crippen molar-refractivity contribution < 1.29 is 19.1 Å². The molecule has 0 aliphatic rings. The number of aromatic nitrogens is 1. The average Bonchev–Trinajstić information content (AvgIpc) is 2.60. The van der Waals surface area contributed by atoms with Crippen LogP contribution in [0.2, 0.25) is 5.15 Å². The van der Waals surface area contributed by atoms with E-state index in [1.807, 2.05) is 0 Å². The third-order valence-corrected chi connectivity index (χ3v) is 3.27. The molecule has 0 saturated heterocycles. The average molecular weight is 348 g/mol. The van der Waals surface area contributed by atoms with Crippen LogP contribution < -0.4 is 10.9 Å². The molecule has 1 aromatic heterocycles. The van der Waals surface area contributed by atoms with Gasteiger partial charge in [0.05, 0.1) is 5.56 Å². The van der Waals surface area contributed by atoms with Crippen molar-refractivity contribution in [3.8, 4) is 0 Å². The number of esters is 1. The summed E-state index contributed by atoms with van der Waals surface area (Å²) in [6, 6.07) is 11.3. The smallest absolute Gasteiger partial charge is 0.342 e. The van der Waals surface area contributed by atoms with Crippen molar-refractivity contribution in [1.29, 1.82) is 0 Å². The number of rotatable bonds is 4. The van der Waals surface area contributed by atoms with Crippen LogP contribution in [0.15, 0.2) is 48.7 Å². The highest BCUT2D eigenvalue weighted by Crippen LogP contribution is 2.13. The number of pyridine rings is 1. The van der Waals surface area contributed by atoms with Crippen molar-refractivity contribution in [3.63, 3.8) is 0 Å². The molecule has 1 heterocycles. The lowest BCUT2D eigenvalue weighted by atomic mass is 10.2. The first kappa shape index (κ1) is 17.4. The van der Waals surface area contributed by atoms with Gasteiger partial charge in [-0.15, -0.1) is 0 Å². The number of nitrogens with zero attached hydrogens (tertiary/aromatic N) is 1. The minimum Gasteiger partial charge on any atom is -0.449 e. The van der Waals surface area contributed by atoms with Crippen molar-refractivity contribution in [2.24, 2.45) is 0 Å². The van der Waals surface area contributed by atoms with Gasteiger partial charge < -0.3 is 4.74 Å². The lowest BCUT2D eigenvalue weighted by Gasteiger charge is -2.14. The maximum absolute atomic E-state index is 11.9. The molecule has 24 heavy (non-hydrogen) atoms. The summed E-state index contributed by atoms with van der Waals surface area (Å²) in [6.45, 7) is 1.37. The second-order valence-electron chi connectivity index (χ2n) is 4.70. The predicted molar refractivity (Wildman–Crippen MR) is 86.2 cm³/mol. The van der Waals surface area contributed by atoms with E-state index in [2.05, 4.69) is 15.8 Å². The molecular weight excluding hydrogens is 334 g/mol. The molecule has 2 amide bonds. The van der Waals surface area contributed by atoms with Crippen molar-refractivity contribution in [3.05, 3.63) is 64.9 Å². The van der Waals surface area contributed by atoms with Crippen molar-refractivity contribution in [2.75, 3.05) is 0 Å². The predicted octanol–water partition coefficient (Wildman–Crippen LogP) is 1.74. The van der Waals surface area contributed by atoms with Gasteiger partial charge in [-0.3, -0.25) is 20.4 Å². The van der Waals surface area contributed by atoms with Gasteiger partial charge in [-0.1, -0.05) is 29.8 Å². The number of hydrogen-bond donors (Lipinski definition) is 2. The standard InChI is InChI=1S/C16H14ClN3O4/c1-10(24-16(23)12-8-5-9-18-13(12)17)14(21)19-20-15(22)11-6-3-2-4-7-11/h2-10H,1H3,(H,19,21)(H,20,22)/t10-/m0/s1. The number of halogens is 1. The van der Waals surface area contributed by atoms with E-state index >= 15 is 0 Å². The summed E-state index contributed by atoms with van der Waals surface area (Å²) >= 11 is 5.78. The highest BCUT2D eigenvalue weighted by molar-refractivity contribution is 6.32. The van der Waals surface area contributed by atoms with Gasteiger partial charge in [-0.05, 0) is 31.2 Å². The Morgan fingerprint density at radius 3 is 2.46 bits per heavy atom. The van der Waals surface area contributed by atoms with Crippen LogP contribution in [0.5, 0.6) is 0 Å². The number of hydrogen-bond acceptors (Lipinski definition) is 5. The Morgan fingerprint density at radius 1 is 1.08 bits per heavy atom. The summed E-state index contributed by atoms with van der Waals surface area (Å²) in [4.78, 5) is 39.4. The highest BCUT2D eigenvalue weighted by atomic mass is 35.5. The Kier molecular flexibility index (Phi) is 5.86. The molecule has 0 saturated carbocycles. The van der Waals surface area contributed by atoms with E-state index in [0.717, 1.165) is 0 Å². The summed E-state index contributed by atoms with van der Waals surface area (Å²) in [7, 11) is 0. The van der Waals surface area contributed by atoms with Gasteiger partial charge in [-0.2, -0.15) is 0 Å².